The van der Waals surface area contributed by atoms with Crippen LogP contribution in [0.4, 0.5) is 22.7 Å². The molecule has 0 unspecified atom stereocenters. The maximum absolute atomic E-state index is 11.6. The number of fused-ring (bicyclic) bond motifs is 2. The molecule has 69 heavy (non-hydrogen) atoms. The van der Waals surface area contributed by atoms with E-state index >= 15 is 0 Å². The first-order valence-corrected chi connectivity index (χ1v) is 26.0. The van der Waals surface area contributed by atoms with Crippen molar-refractivity contribution in [2.24, 2.45) is 20.5 Å². The number of azo groups is 2. The number of aryl methyl sites for hydroxylation is 2. The van der Waals surface area contributed by atoms with Crippen LogP contribution in [0.5, 0.6) is 11.5 Å². The Morgan fingerprint density at radius 3 is 0.957 bits per heavy atom. The Bertz CT molecular complexity index is 3600. The largest absolute Gasteiger partial charge is 2.00 e. The molecule has 6 rings (SSSR count). The van der Waals surface area contributed by atoms with Crippen molar-refractivity contribution in [1.82, 2.24) is 0 Å². The number of rotatable bonds is 10. The van der Waals surface area contributed by atoms with Crippen molar-refractivity contribution in [1.29, 1.82) is 0 Å². The quantitative estimate of drug-likeness (QED) is 0.111. The number of nitrogens with zero attached hydrogens (tertiary/aromatic N) is 4. The second kappa shape index (κ2) is 23.3. The van der Waals surface area contributed by atoms with E-state index in [2.05, 4.69) is 20.5 Å². The number of benzene rings is 6. The van der Waals surface area contributed by atoms with Crippen LogP contribution in [0.1, 0.15) is 11.1 Å². The van der Waals surface area contributed by atoms with Crippen LogP contribution in [0.2, 0.25) is 10.0 Å². The number of halogens is 2. The topological polar surface area (TPSA) is 433 Å². The van der Waals surface area contributed by atoms with Crippen molar-refractivity contribution < 1.29 is 88.0 Å². The van der Waals surface area contributed by atoms with Crippen molar-refractivity contribution in [3.05, 3.63) is 94.0 Å². The third kappa shape index (κ3) is 15.3. The fourth-order valence-corrected chi connectivity index (χ4v) is 9.50. The molecule has 0 spiro atoms. The van der Waals surface area contributed by atoms with Gasteiger partial charge in [-0.25, -0.2) is 50.5 Å². The SMILES string of the molecule is Cc1cc(S(=O)(=O)[O-])c(N=Nc2c(O)c(S(=O)(=O)[O-])cc3cc(S(=O)(=O)[O-])ccc23)cc1Cl.Cc1cc(S(=O)(=O)[O-])c(N=Nc2c(O)c(S(=O)(=O)[O-])cc3cc(S(=O)(=O)[O-])ccc23)cc1Cl.[Ca+2].[Ca+2].[Ca+2]. The molecule has 0 bridgehead atoms. The first kappa shape index (κ1) is 63.6. The average Bonchev–Trinajstić information content (AvgIpc) is 3.16. The molecule has 0 radical (unpaired) electrons. The van der Waals surface area contributed by atoms with Gasteiger partial charge in [-0.1, -0.05) is 35.3 Å². The van der Waals surface area contributed by atoms with Gasteiger partial charge in [0, 0.05) is 20.8 Å². The number of phenolic OH excluding ortho intramolecular Hbond substituents is 2. The second-order valence-corrected chi connectivity index (χ2v) is 22.1. The number of aromatic hydroxyl groups is 2. The van der Waals surface area contributed by atoms with Crippen LogP contribution in [0.25, 0.3) is 21.5 Å². The monoisotopic (exact) mass is 1190 g/mol. The van der Waals surface area contributed by atoms with Crippen LogP contribution in [0.3, 0.4) is 0 Å². The van der Waals surface area contributed by atoms with E-state index in [1.54, 1.807) is 0 Å². The minimum absolute atomic E-state index is 0. The summed E-state index contributed by atoms with van der Waals surface area (Å²) < 4.78 is 207. The molecule has 0 fully saturated rings. The first-order valence-electron chi connectivity index (χ1n) is 16.8. The van der Waals surface area contributed by atoms with Gasteiger partial charge in [0.25, 0.3) is 0 Å². The van der Waals surface area contributed by atoms with E-state index in [0.29, 0.717) is 12.1 Å². The molecule has 352 valence electrons. The van der Waals surface area contributed by atoms with Gasteiger partial charge >= 0.3 is 113 Å². The van der Waals surface area contributed by atoms with Gasteiger partial charge in [0.2, 0.25) is 0 Å². The summed E-state index contributed by atoms with van der Waals surface area (Å²) in [5, 5.41) is 34.2. The molecule has 0 saturated carbocycles. The van der Waals surface area contributed by atoms with Gasteiger partial charge in [-0.05, 0) is 96.4 Å². The molecule has 35 heteroatoms. The maximum Gasteiger partial charge on any atom is 2.00 e. The second-order valence-electron chi connectivity index (χ2n) is 13.2. The molecular weight excluding hydrogens is 1170 g/mol. The van der Waals surface area contributed by atoms with Crippen LogP contribution in [-0.4, -0.2) is 201 Å². The van der Waals surface area contributed by atoms with E-state index in [-0.39, 0.29) is 156 Å². The maximum atomic E-state index is 11.6. The Hall–Kier alpha value is -1.54. The summed E-state index contributed by atoms with van der Waals surface area (Å²) in [6.07, 6.45) is 0. The summed E-state index contributed by atoms with van der Waals surface area (Å²) in [5.74, 6) is -2.35. The molecule has 0 aromatic heterocycles. The molecule has 2 N–H and O–H groups in total. The van der Waals surface area contributed by atoms with E-state index in [1.807, 2.05) is 0 Å². The van der Waals surface area contributed by atoms with E-state index in [1.165, 1.54) is 13.8 Å². The van der Waals surface area contributed by atoms with Crippen LogP contribution < -0.4 is 0 Å². The molecule has 24 nitrogen and oxygen atoms in total. The summed E-state index contributed by atoms with van der Waals surface area (Å²) in [6.45, 7) is 2.84. The standard InChI is InChI=1S/2C17H13ClN2O10S3.3Ca/c2*1-8-4-14(32(25,26)27)13(7-12(8)18)19-20-16-11-3-2-10(31(22,23)24)5-9(11)6-15(17(16)21)33(28,29)30;;;/h2*2-7,21H,1H3,(H,22,23,24)(H,25,26,27)(H,28,29,30);;;/q;;3*+2/p-6. The molecule has 0 aliphatic rings. The zero-order chi connectivity index (χ0) is 49.9. The predicted octanol–water partition coefficient (Wildman–Crippen LogP) is 4.13. The minimum atomic E-state index is -5.32. The normalized spacial score (nSPS) is 12.6. The molecule has 0 atom stereocenters. The smallest absolute Gasteiger partial charge is 0.744 e. The van der Waals surface area contributed by atoms with Gasteiger partial charge in [-0.15, -0.1) is 20.5 Å². The zero-order valence-electron chi connectivity index (χ0n) is 34.3. The Morgan fingerprint density at radius 1 is 0.406 bits per heavy atom. The molecule has 6 aromatic carbocycles. The van der Waals surface area contributed by atoms with Crippen molar-refractivity contribution >= 4 is 241 Å². The van der Waals surface area contributed by atoms with Crippen LogP contribution in [0.15, 0.2) is 123 Å². The van der Waals surface area contributed by atoms with Gasteiger partial charge in [-0.2, -0.15) is 0 Å². The molecule has 6 aromatic rings. The van der Waals surface area contributed by atoms with Crippen molar-refractivity contribution in [3.63, 3.8) is 0 Å². The van der Waals surface area contributed by atoms with Crippen LogP contribution >= 0.6 is 23.2 Å². The van der Waals surface area contributed by atoms with E-state index in [0.717, 1.165) is 60.7 Å². The summed E-state index contributed by atoms with van der Waals surface area (Å²) in [7, 11) is -30.7. The third-order valence-electron chi connectivity index (χ3n) is 8.70. The van der Waals surface area contributed by atoms with Gasteiger partial charge in [-0.3, -0.25) is 0 Å². The summed E-state index contributed by atoms with van der Waals surface area (Å²) in [5.41, 5.74) is -2.01. The first-order chi connectivity index (χ1) is 30.0. The summed E-state index contributed by atoms with van der Waals surface area (Å²) in [6, 6.07) is 10.3. The zero-order valence-corrected chi connectivity index (χ0v) is 47.3. The summed E-state index contributed by atoms with van der Waals surface area (Å²) in [4.78, 5) is -5.56. The van der Waals surface area contributed by atoms with Crippen molar-refractivity contribution in [2.75, 3.05) is 0 Å². The average molecular weight is 1190 g/mol. The molecule has 0 saturated heterocycles. The minimum Gasteiger partial charge on any atom is -0.744 e. The Morgan fingerprint density at radius 2 is 0.696 bits per heavy atom. The molecule has 0 aliphatic heterocycles. The molecular formula is C34H20Ca3Cl2N4O20S6. The molecule has 0 heterocycles. The van der Waals surface area contributed by atoms with Gasteiger partial charge in [0.05, 0.1) is 29.4 Å². The van der Waals surface area contributed by atoms with Gasteiger partial charge in [0.1, 0.15) is 83.5 Å². The van der Waals surface area contributed by atoms with E-state index in [9.17, 15) is 88.0 Å². The number of phenols is 2. The fourth-order valence-electron chi connectivity index (χ4n) is 5.61. The molecule has 0 amide bonds. The van der Waals surface area contributed by atoms with Gasteiger partial charge < -0.3 is 37.5 Å². The Balaban J connectivity index is 0.000000454. The Kier molecular flexibility index (Phi) is 21.5. The van der Waals surface area contributed by atoms with E-state index in [4.69, 9.17) is 23.2 Å². The van der Waals surface area contributed by atoms with Crippen molar-refractivity contribution in [2.45, 2.75) is 43.2 Å². The molecule has 0 aliphatic carbocycles. The van der Waals surface area contributed by atoms with E-state index < -0.39 is 124 Å². The third-order valence-corrected chi connectivity index (χ3v) is 14.6. The predicted molar refractivity (Wildman–Crippen MR) is 237 cm³/mol. The number of hydrogen-bond donors (Lipinski definition) is 2. The van der Waals surface area contributed by atoms with Gasteiger partial charge in [0.15, 0.2) is 11.5 Å². The Labute approximate surface area is 491 Å². The van der Waals surface area contributed by atoms with Crippen molar-refractivity contribution in [3.8, 4) is 11.5 Å². The fraction of sp³-hybridized carbons (Fsp3) is 0.0588. The summed E-state index contributed by atoms with van der Waals surface area (Å²) >= 11 is 11.9. The number of hydrogen-bond acceptors (Lipinski definition) is 24. The van der Waals surface area contributed by atoms with Crippen LogP contribution in [-0.2, 0) is 60.7 Å². The van der Waals surface area contributed by atoms with Crippen LogP contribution in [0, 0.1) is 13.8 Å².